The van der Waals surface area contributed by atoms with Crippen LogP contribution in [0, 0.1) is 5.92 Å². The summed E-state index contributed by atoms with van der Waals surface area (Å²) < 4.78 is 0. The highest BCUT2D eigenvalue weighted by molar-refractivity contribution is 5.98. The van der Waals surface area contributed by atoms with Crippen molar-refractivity contribution in [1.29, 1.82) is 0 Å². The lowest BCUT2D eigenvalue weighted by Gasteiger charge is -2.06. The van der Waals surface area contributed by atoms with E-state index >= 15 is 0 Å². The fourth-order valence-corrected chi connectivity index (χ4v) is 2.60. The Morgan fingerprint density at radius 1 is 1.05 bits per heavy atom. The van der Waals surface area contributed by atoms with Gasteiger partial charge in [-0.3, -0.25) is 9.59 Å². The number of Topliss-reactive ketones (excluding diaryl/α,β-unsaturated/α-hetero) is 1. The number of hydrogen-bond donors (Lipinski definition) is 1. The van der Waals surface area contributed by atoms with Crippen molar-refractivity contribution in [3.63, 3.8) is 0 Å². The van der Waals surface area contributed by atoms with E-state index in [0.29, 0.717) is 17.2 Å². The second-order valence-corrected chi connectivity index (χ2v) is 5.49. The molecule has 1 fully saturated rings. The molecule has 3 rings (SSSR count). The van der Waals surface area contributed by atoms with E-state index < -0.39 is 0 Å². The molecule has 21 heavy (non-hydrogen) atoms. The number of anilines is 1. The van der Waals surface area contributed by atoms with Gasteiger partial charge in [-0.2, -0.15) is 0 Å². The maximum absolute atomic E-state index is 12.2. The predicted molar refractivity (Wildman–Crippen MR) is 82.4 cm³/mol. The average Bonchev–Trinajstić information content (AvgIpc) is 3.29. The van der Waals surface area contributed by atoms with Crippen LogP contribution in [0.5, 0.6) is 0 Å². The van der Waals surface area contributed by atoms with Crippen molar-refractivity contribution in [2.24, 2.45) is 5.92 Å². The monoisotopic (exact) mass is 279 g/mol. The Morgan fingerprint density at radius 2 is 1.81 bits per heavy atom. The molecule has 0 bridgehead atoms. The highest BCUT2D eigenvalue weighted by Crippen LogP contribution is 2.47. The van der Waals surface area contributed by atoms with E-state index in [1.807, 2.05) is 24.3 Å². The van der Waals surface area contributed by atoms with Crippen LogP contribution < -0.4 is 5.32 Å². The van der Waals surface area contributed by atoms with Gasteiger partial charge in [-0.1, -0.05) is 42.5 Å². The summed E-state index contributed by atoms with van der Waals surface area (Å²) in [5.41, 5.74) is 2.52. The third-order valence-electron chi connectivity index (χ3n) is 3.89. The second-order valence-electron chi connectivity index (χ2n) is 5.49. The van der Waals surface area contributed by atoms with Gasteiger partial charge < -0.3 is 5.32 Å². The fraction of sp³-hybridized carbons (Fsp3) is 0.222. The minimum absolute atomic E-state index is 0.000294. The average molecular weight is 279 g/mol. The number of hydrogen-bond acceptors (Lipinski definition) is 2. The van der Waals surface area contributed by atoms with Gasteiger partial charge in [0.15, 0.2) is 5.78 Å². The molecule has 1 saturated carbocycles. The summed E-state index contributed by atoms with van der Waals surface area (Å²) in [7, 11) is 0. The predicted octanol–water partition coefficient (Wildman–Crippen LogP) is 3.63. The summed E-state index contributed by atoms with van der Waals surface area (Å²) in [5.74, 6) is 0.389. The molecule has 1 aliphatic rings. The van der Waals surface area contributed by atoms with Crippen LogP contribution >= 0.6 is 0 Å². The van der Waals surface area contributed by atoms with Gasteiger partial charge in [-0.25, -0.2) is 0 Å². The Kier molecular flexibility index (Phi) is 3.57. The molecule has 1 amide bonds. The summed E-state index contributed by atoms with van der Waals surface area (Å²) in [5, 5.41) is 2.91. The first-order valence-electron chi connectivity index (χ1n) is 7.12. The molecule has 1 aliphatic carbocycles. The molecule has 2 aromatic rings. The van der Waals surface area contributed by atoms with Gasteiger partial charge >= 0.3 is 0 Å². The molecule has 106 valence electrons. The molecule has 3 nitrogen and oxygen atoms in total. The number of carbonyl (C=O) groups is 2. The summed E-state index contributed by atoms with van der Waals surface area (Å²) in [4.78, 5) is 23.6. The maximum Gasteiger partial charge on any atom is 0.228 e. The summed E-state index contributed by atoms with van der Waals surface area (Å²) in [6, 6.07) is 17.2. The zero-order chi connectivity index (χ0) is 14.8. The molecule has 0 saturated heterocycles. The van der Waals surface area contributed by atoms with E-state index in [9.17, 15) is 9.59 Å². The van der Waals surface area contributed by atoms with E-state index in [2.05, 4.69) is 17.4 Å². The Labute approximate surface area is 124 Å². The largest absolute Gasteiger partial charge is 0.326 e. The van der Waals surface area contributed by atoms with Crippen LogP contribution in [0.25, 0.3) is 0 Å². The molecule has 0 spiro atoms. The van der Waals surface area contributed by atoms with Gasteiger partial charge in [-0.15, -0.1) is 0 Å². The van der Waals surface area contributed by atoms with Crippen molar-refractivity contribution >= 4 is 17.4 Å². The minimum Gasteiger partial charge on any atom is -0.326 e. The van der Waals surface area contributed by atoms with Crippen LogP contribution in [-0.2, 0) is 4.79 Å². The number of nitrogens with one attached hydrogen (secondary N) is 1. The summed E-state index contributed by atoms with van der Waals surface area (Å²) in [6.45, 7) is 1.52. The standard InChI is InChI=1S/C18H17NO2/c1-12(20)14-8-5-9-15(10-14)19-18(21)17-11-16(17)13-6-3-2-4-7-13/h2-10,16-17H,11H2,1H3,(H,19,21)/t16-,17-/m0/s1. The molecule has 0 aromatic heterocycles. The van der Waals surface area contributed by atoms with Crippen molar-refractivity contribution in [2.75, 3.05) is 5.32 Å². The first kappa shape index (κ1) is 13.6. The van der Waals surface area contributed by atoms with Gasteiger partial charge in [-0.05, 0) is 37.0 Å². The zero-order valence-corrected chi connectivity index (χ0v) is 11.9. The fourth-order valence-electron chi connectivity index (χ4n) is 2.60. The van der Waals surface area contributed by atoms with Crippen LogP contribution in [0.4, 0.5) is 5.69 Å². The Bertz CT molecular complexity index is 679. The normalized spacial score (nSPS) is 19.9. The lowest BCUT2D eigenvalue weighted by molar-refractivity contribution is -0.117. The summed E-state index contributed by atoms with van der Waals surface area (Å²) >= 11 is 0. The number of rotatable bonds is 4. The van der Waals surface area contributed by atoms with Crippen molar-refractivity contribution in [2.45, 2.75) is 19.3 Å². The van der Waals surface area contributed by atoms with Crippen LogP contribution in [0.3, 0.4) is 0 Å². The molecule has 2 aromatic carbocycles. The smallest absolute Gasteiger partial charge is 0.228 e. The van der Waals surface area contributed by atoms with Gasteiger partial charge in [0.05, 0.1) is 0 Å². The number of benzene rings is 2. The van der Waals surface area contributed by atoms with Gasteiger partial charge in [0.2, 0.25) is 5.91 Å². The zero-order valence-electron chi connectivity index (χ0n) is 11.9. The Morgan fingerprint density at radius 3 is 2.52 bits per heavy atom. The lowest BCUT2D eigenvalue weighted by Crippen LogP contribution is -2.14. The highest BCUT2D eigenvalue weighted by atomic mass is 16.2. The highest BCUT2D eigenvalue weighted by Gasteiger charge is 2.43. The first-order valence-corrected chi connectivity index (χ1v) is 7.12. The van der Waals surface area contributed by atoms with Crippen molar-refractivity contribution in [3.8, 4) is 0 Å². The number of carbonyl (C=O) groups excluding carboxylic acids is 2. The summed E-state index contributed by atoms with van der Waals surface area (Å²) in [6.07, 6.45) is 0.891. The van der Waals surface area contributed by atoms with Crippen LogP contribution in [0.2, 0.25) is 0 Å². The van der Waals surface area contributed by atoms with Gasteiger partial charge in [0.1, 0.15) is 0 Å². The lowest BCUT2D eigenvalue weighted by atomic mass is 10.1. The van der Waals surface area contributed by atoms with Crippen molar-refractivity contribution < 1.29 is 9.59 Å². The number of ketones is 1. The third-order valence-corrected chi connectivity index (χ3v) is 3.89. The van der Waals surface area contributed by atoms with Crippen LogP contribution in [0.1, 0.15) is 35.2 Å². The third kappa shape index (κ3) is 3.02. The molecule has 3 heteroatoms. The van der Waals surface area contributed by atoms with Crippen LogP contribution in [-0.4, -0.2) is 11.7 Å². The molecule has 0 heterocycles. The van der Waals surface area contributed by atoms with Crippen molar-refractivity contribution in [3.05, 3.63) is 65.7 Å². The van der Waals surface area contributed by atoms with E-state index in [-0.39, 0.29) is 17.6 Å². The van der Waals surface area contributed by atoms with Crippen molar-refractivity contribution in [1.82, 2.24) is 0 Å². The van der Waals surface area contributed by atoms with E-state index in [0.717, 1.165) is 6.42 Å². The molecule has 0 unspecified atom stereocenters. The molecular formula is C18H17NO2. The first-order chi connectivity index (χ1) is 10.1. The molecule has 0 aliphatic heterocycles. The topological polar surface area (TPSA) is 46.2 Å². The molecule has 2 atom stereocenters. The Balaban J connectivity index is 1.66. The van der Waals surface area contributed by atoms with E-state index in [1.165, 1.54) is 12.5 Å². The second kappa shape index (κ2) is 5.52. The van der Waals surface area contributed by atoms with Gasteiger partial charge in [0, 0.05) is 17.2 Å². The van der Waals surface area contributed by atoms with Gasteiger partial charge in [0.25, 0.3) is 0 Å². The molecule has 0 radical (unpaired) electrons. The van der Waals surface area contributed by atoms with E-state index in [4.69, 9.17) is 0 Å². The molecule has 1 N–H and O–H groups in total. The minimum atomic E-state index is -0.000294. The SMILES string of the molecule is CC(=O)c1cccc(NC(=O)[C@H]2C[C@H]2c2ccccc2)c1. The molecular weight excluding hydrogens is 262 g/mol. The Hall–Kier alpha value is -2.42. The quantitative estimate of drug-likeness (QED) is 0.869. The van der Waals surface area contributed by atoms with Crippen LogP contribution in [0.15, 0.2) is 54.6 Å². The maximum atomic E-state index is 12.2. The van der Waals surface area contributed by atoms with E-state index in [1.54, 1.807) is 18.2 Å². The number of amides is 1.